The number of rotatable bonds is 9. The molecular weight excluding hydrogens is 496 g/mol. The number of aliphatic hydroxyl groups is 1. The second kappa shape index (κ2) is 16.6. The summed E-state index contributed by atoms with van der Waals surface area (Å²) < 4.78 is 4.61. The molecule has 0 saturated heterocycles. The number of ether oxygens (including phenoxy) is 1. The van der Waals surface area contributed by atoms with E-state index in [-0.39, 0.29) is 11.0 Å². The van der Waals surface area contributed by atoms with E-state index in [0.717, 1.165) is 19.3 Å². The van der Waals surface area contributed by atoms with E-state index in [4.69, 9.17) is 0 Å². The molecule has 0 amide bonds. The third-order valence-electron chi connectivity index (χ3n) is 6.09. The molecule has 4 heteroatoms. The Morgan fingerprint density at radius 2 is 1.44 bits per heavy atom. The lowest BCUT2D eigenvalue weighted by atomic mass is 10.2. The summed E-state index contributed by atoms with van der Waals surface area (Å²) in [4.78, 5) is 11.0. The van der Waals surface area contributed by atoms with Crippen LogP contribution in [-0.2, 0) is 9.53 Å². The molecule has 39 heavy (non-hydrogen) atoms. The standard InChI is InChI=1S/C35H36O3Si/c1-35(2,3)39(32-25-17-13-18-26-32,33-27-19-14-20-28-33)30-22-12-8-7-10-16-24-31(36)23-15-9-5-6-11-21-29-34(37)38-4/h5,9,13-15,17-20,23,25-28,31,36H,6,11,21,29H2,1-4H3/b9-5+,23-15+. The van der Waals surface area contributed by atoms with Gasteiger partial charge in [-0.3, -0.25) is 4.79 Å². The largest absolute Gasteiger partial charge is 0.469 e. The van der Waals surface area contributed by atoms with Gasteiger partial charge in [0, 0.05) is 6.42 Å². The third kappa shape index (κ3) is 10.2. The van der Waals surface area contributed by atoms with E-state index in [1.807, 2.05) is 24.3 Å². The summed E-state index contributed by atoms with van der Waals surface area (Å²) in [6.45, 7) is 6.75. The first-order valence-electron chi connectivity index (χ1n) is 13.0. The molecule has 0 aliphatic rings. The number of hydrogen-bond donors (Lipinski definition) is 1. The van der Waals surface area contributed by atoms with Gasteiger partial charge in [0.25, 0.3) is 0 Å². The summed E-state index contributed by atoms with van der Waals surface area (Å²) in [5.74, 6) is 19.2. The smallest absolute Gasteiger partial charge is 0.305 e. The van der Waals surface area contributed by atoms with Gasteiger partial charge in [0.15, 0.2) is 0 Å². The van der Waals surface area contributed by atoms with Crippen LogP contribution in [0.5, 0.6) is 0 Å². The van der Waals surface area contributed by atoms with Crippen molar-refractivity contribution in [1.82, 2.24) is 0 Å². The monoisotopic (exact) mass is 532 g/mol. The molecular formula is C35H36O3Si. The summed E-state index contributed by atoms with van der Waals surface area (Å²) in [6, 6.07) is 21.0. The van der Waals surface area contributed by atoms with Crippen molar-refractivity contribution in [3.05, 3.63) is 85.0 Å². The van der Waals surface area contributed by atoms with Crippen molar-refractivity contribution in [2.75, 3.05) is 7.11 Å². The summed E-state index contributed by atoms with van der Waals surface area (Å²) in [5, 5.41) is 12.4. The fraction of sp³-hybridized carbons (Fsp3) is 0.286. The van der Waals surface area contributed by atoms with E-state index in [1.54, 1.807) is 12.2 Å². The summed E-state index contributed by atoms with van der Waals surface area (Å²) in [5.41, 5.74) is 3.60. The Kier molecular flexibility index (Phi) is 13.2. The molecule has 0 spiro atoms. The number of unbranched alkanes of at least 4 members (excludes halogenated alkanes) is 2. The molecule has 0 aromatic heterocycles. The Morgan fingerprint density at radius 1 is 0.872 bits per heavy atom. The molecule has 1 atom stereocenters. The number of hydrogen-bond acceptors (Lipinski definition) is 3. The molecule has 0 fully saturated rings. The molecule has 0 saturated carbocycles. The lowest BCUT2D eigenvalue weighted by molar-refractivity contribution is -0.140. The van der Waals surface area contributed by atoms with Crippen LogP contribution in [0.2, 0.25) is 5.04 Å². The fourth-order valence-electron chi connectivity index (χ4n) is 4.13. The van der Waals surface area contributed by atoms with Crippen LogP contribution in [0.15, 0.2) is 85.0 Å². The minimum atomic E-state index is -2.48. The van der Waals surface area contributed by atoms with Gasteiger partial charge in [-0.1, -0.05) is 106 Å². The van der Waals surface area contributed by atoms with Crippen LogP contribution < -0.4 is 10.4 Å². The van der Waals surface area contributed by atoms with Crippen LogP contribution in [-0.4, -0.2) is 32.4 Å². The molecule has 0 heterocycles. The predicted octanol–water partition coefficient (Wildman–Crippen LogP) is 4.81. The molecule has 2 rings (SSSR count). The number of aliphatic hydroxyl groups excluding tert-OH is 1. The number of allylic oxidation sites excluding steroid dienone is 3. The van der Waals surface area contributed by atoms with Crippen molar-refractivity contribution >= 4 is 24.4 Å². The van der Waals surface area contributed by atoms with E-state index in [2.05, 4.69) is 121 Å². The van der Waals surface area contributed by atoms with Crippen LogP contribution in [0.1, 0.15) is 46.5 Å². The molecule has 3 nitrogen and oxygen atoms in total. The van der Waals surface area contributed by atoms with Gasteiger partial charge < -0.3 is 9.84 Å². The molecule has 0 aliphatic carbocycles. The topological polar surface area (TPSA) is 46.5 Å². The third-order valence-corrected chi connectivity index (χ3v) is 11.2. The fourth-order valence-corrected chi connectivity index (χ4v) is 8.49. The molecule has 0 radical (unpaired) electrons. The van der Waals surface area contributed by atoms with Crippen LogP contribution in [0.25, 0.3) is 0 Å². The highest BCUT2D eigenvalue weighted by Gasteiger charge is 2.47. The van der Waals surface area contributed by atoms with Gasteiger partial charge in [-0.15, -0.1) is 5.54 Å². The maximum absolute atomic E-state index is 11.0. The first-order chi connectivity index (χ1) is 18.8. The average Bonchev–Trinajstić information content (AvgIpc) is 2.93. The molecule has 2 aromatic rings. The second-order valence-corrected chi connectivity index (χ2v) is 14.2. The highest BCUT2D eigenvalue weighted by molar-refractivity contribution is 7.10. The van der Waals surface area contributed by atoms with Crippen molar-refractivity contribution in [2.45, 2.75) is 57.6 Å². The van der Waals surface area contributed by atoms with E-state index in [9.17, 15) is 9.90 Å². The van der Waals surface area contributed by atoms with Crippen molar-refractivity contribution in [2.24, 2.45) is 0 Å². The lowest BCUT2D eigenvalue weighted by Crippen LogP contribution is -2.63. The zero-order valence-corrected chi connectivity index (χ0v) is 24.3. The quantitative estimate of drug-likeness (QED) is 0.166. The summed E-state index contributed by atoms with van der Waals surface area (Å²) >= 11 is 0. The highest BCUT2D eigenvalue weighted by atomic mass is 28.3. The maximum Gasteiger partial charge on any atom is 0.305 e. The van der Waals surface area contributed by atoms with Crippen molar-refractivity contribution in [3.63, 3.8) is 0 Å². The van der Waals surface area contributed by atoms with E-state index >= 15 is 0 Å². The van der Waals surface area contributed by atoms with Crippen LogP contribution in [0.3, 0.4) is 0 Å². The first-order valence-corrected chi connectivity index (χ1v) is 15.0. The summed E-state index contributed by atoms with van der Waals surface area (Å²) in [7, 11) is -1.08. The molecule has 0 bridgehead atoms. The Labute approximate surface area is 235 Å². The zero-order valence-electron chi connectivity index (χ0n) is 23.3. The number of methoxy groups -OCH3 is 1. The van der Waals surface area contributed by atoms with Gasteiger partial charge in [0.2, 0.25) is 8.07 Å². The van der Waals surface area contributed by atoms with Gasteiger partial charge in [-0.05, 0) is 76.3 Å². The molecule has 1 unspecified atom stereocenters. The maximum atomic E-state index is 11.0. The van der Waals surface area contributed by atoms with Crippen LogP contribution in [0.4, 0.5) is 0 Å². The van der Waals surface area contributed by atoms with Crippen LogP contribution in [0, 0.1) is 47.0 Å². The second-order valence-electron chi connectivity index (χ2n) is 9.83. The van der Waals surface area contributed by atoms with Gasteiger partial charge >= 0.3 is 5.97 Å². The van der Waals surface area contributed by atoms with Gasteiger partial charge in [-0.2, -0.15) is 0 Å². The Balaban J connectivity index is 2.04. The molecule has 2 aromatic carbocycles. The Bertz CT molecular complexity index is 1330. The predicted molar refractivity (Wildman–Crippen MR) is 163 cm³/mol. The van der Waals surface area contributed by atoms with Gasteiger partial charge in [0.05, 0.1) is 7.11 Å². The summed E-state index contributed by atoms with van der Waals surface area (Å²) in [6.07, 6.45) is 9.24. The number of carbonyl (C=O) groups is 1. The number of carbonyl (C=O) groups excluding carboxylic acids is 1. The van der Waals surface area contributed by atoms with Gasteiger partial charge in [0.1, 0.15) is 6.10 Å². The minimum Gasteiger partial charge on any atom is -0.469 e. The van der Waals surface area contributed by atoms with Crippen molar-refractivity contribution in [3.8, 4) is 47.0 Å². The van der Waals surface area contributed by atoms with E-state index in [0.29, 0.717) is 6.42 Å². The Morgan fingerprint density at radius 3 is 2.00 bits per heavy atom. The SMILES string of the molecule is COC(=O)CCCC/C=C/C=C/C(O)C#CC#CC#CC#C[Si](c1ccccc1)(c1ccccc1)C(C)(C)C. The lowest BCUT2D eigenvalue weighted by Gasteiger charge is -2.39. The van der Waals surface area contributed by atoms with Crippen molar-refractivity contribution in [1.29, 1.82) is 0 Å². The number of benzene rings is 2. The zero-order chi connectivity index (χ0) is 28.4. The minimum absolute atomic E-state index is 0.0646. The highest BCUT2D eigenvalue weighted by Crippen LogP contribution is 2.35. The van der Waals surface area contributed by atoms with E-state index < -0.39 is 14.2 Å². The Hall–Kier alpha value is -4.19. The molecule has 198 valence electrons. The average molecular weight is 533 g/mol. The normalized spacial score (nSPS) is 11.6. The molecule has 0 aliphatic heterocycles. The molecule has 1 N–H and O–H groups in total. The van der Waals surface area contributed by atoms with Crippen LogP contribution >= 0.6 is 0 Å². The van der Waals surface area contributed by atoms with Crippen molar-refractivity contribution < 1.29 is 14.6 Å². The van der Waals surface area contributed by atoms with E-state index in [1.165, 1.54) is 17.5 Å². The number of esters is 1. The first kappa shape index (κ1) is 31.0. The van der Waals surface area contributed by atoms with Gasteiger partial charge in [-0.25, -0.2) is 0 Å².